The van der Waals surface area contributed by atoms with E-state index in [4.69, 9.17) is 10.00 Å². The van der Waals surface area contributed by atoms with Crippen LogP contribution in [0.1, 0.15) is 56.1 Å². The number of carbonyl (C=O) groups is 1. The summed E-state index contributed by atoms with van der Waals surface area (Å²) in [5.74, 6) is 0.990. The largest absolute Gasteiger partial charge is 0.417 e. The number of rotatable bonds is 6. The number of hydrogen-bond acceptors (Lipinski definition) is 4. The molecule has 3 fully saturated rings. The molecule has 2 saturated heterocycles. The van der Waals surface area contributed by atoms with Gasteiger partial charge < -0.3 is 14.5 Å². The lowest BCUT2D eigenvalue weighted by Crippen LogP contribution is -2.49. The van der Waals surface area contributed by atoms with Gasteiger partial charge in [0.15, 0.2) is 0 Å². The molecule has 5 nitrogen and oxygen atoms in total. The van der Waals surface area contributed by atoms with Crippen LogP contribution in [-0.4, -0.2) is 50.7 Å². The molecule has 3 aliphatic rings. The second-order valence-electron chi connectivity index (χ2n) is 9.99. The van der Waals surface area contributed by atoms with Crippen LogP contribution >= 0.6 is 0 Å². The van der Waals surface area contributed by atoms with E-state index in [0.29, 0.717) is 50.8 Å². The number of nitrogens with zero attached hydrogens (tertiary/aromatic N) is 3. The molecule has 2 heterocycles. The molecular formula is C25H32F3N3O2. The molecule has 0 N–H and O–H groups in total. The lowest BCUT2D eigenvalue weighted by molar-refractivity contribution is -0.137. The summed E-state index contributed by atoms with van der Waals surface area (Å²) < 4.78 is 45.9. The van der Waals surface area contributed by atoms with Gasteiger partial charge in [-0.05, 0) is 37.0 Å². The minimum Gasteiger partial charge on any atom is -0.384 e. The number of anilines is 1. The van der Waals surface area contributed by atoms with Crippen LogP contribution in [0.25, 0.3) is 0 Å². The molecule has 4 rings (SSSR count). The number of halogens is 3. The minimum atomic E-state index is -4.58. The molecule has 1 amide bonds. The van der Waals surface area contributed by atoms with Crippen LogP contribution in [0.4, 0.5) is 18.9 Å². The maximum Gasteiger partial charge on any atom is 0.417 e. The van der Waals surface area contributed by atoms with Gasteiger partial charge in [-0.2, -0.15) is 18.4 Å². The van der Waals surface area contributed by atoms with Gasteiger partial charge >= 0.3 is 6.18 Å². The van der Waals surface area contributed by atoms with Crippen molar-refractivity contribution in [1.29, 1.82) is 5.26 Å². The quantitative estimate of drug-likeness (QED) is 0.605. The molecule has 8 heteroatoms. The fourth-order valence-electron chi connectivity index (χ4n) is 6.08. The van der Waals surface area contributed by atoms with Crippen LogP contribution < -0.4 is 4.90 Å². The molecule has 0 bridgehead atoms. The van der Waals surface area contributed by atoms with Gasteiger partial charge in [-0.25, -0.2) is 0 Å². The van der Waals surface area contributed by atoms with E-state index in [1.807, 2.05) is 9.80 Å². The summed E-state index contributed by atoms with van der Waals surface area (Å²) in [6.07, 6.45) is 2.69. The first kappa shape index (κ1) is 23.9. The van der Waals surface area contributed by atoms with E-state index in [0.717, 1.165) is 18.9 Å². The first-order chi connectivity index (χ1) is 15.8. The van der Waals surface area contributed by atoms with Crippen molar-refractivity contribution in [1.82, 2.24) is 4.90 Å². The molecule has 33 heavy (non-hydrogen) atoms. The zero-order valence-corrected chi connectivity index (χ0v) is 19.2. The summed E-state index contributed by atoms with van der Waals surface area (Å²) >= 11 is 0. The molecule has 1 aromatic rings. The number of ether oxygens (including phenoxy) is 1. The molecule has 0 aromatic heterocycles. The van der Waals surface area contributed by atoms with E-state index in [1.165, 1.54) is 31.7 Å². The lowest BCUT2D eigenvalue weighted by atomic mass is 9.73. The monoisotopic (exact) mass is 463 g/mol. The highest BCUT2D eigenvalue weighted by atomic mass is 19.4. The maximum atomic E-state index is 13.5. The van der Waals surface area contributed by atoms with E-state index >= 15 is 0 Å². The Morgan fingerprint density at radius 2 is 2.03 bits per heavy atom. The first-order valence-electron chi connectivity index (χ1n) is 11.9. The van der Waals surface area contributed by atoms with E-state index in [2.05, 4.69) is 0 Å². The van der Waals surface area contributed by atoms with Crippen molar-refractivity contribution in [3.8, 4) is 6.07 Å². The van der Waals surface area contributed by atoms with Crippen LogP contribution in [0.15, 0.2) is 18.2 Å². The molecule has 180 valence electrons. The topological polar surface area (TPSA) is 56.6 Å². The highest BCUT2D eigenvalue weighted by molar-refractivity contribution is 5.76. The summed E-state index contributed by atoms with van der Waals surface area (Å²) in [5.41, 5.74) is -0.949. The zero-order chi connectivity index (χ0) is 23.6. The molecule has 0 radical (unpaired) electrons. The molecule has 0 unspecified atom stereocenters. The van der Waals surface area contributed by atoms with Gasteiger partial charge in [-0.3, -0.25) is 4.79 Å². The number of hydrogen-bond donors (Lipinski definition) is 0. The molecule has 1 aromatic carbocycles. The number of fused-ring (bicyclic) bond motifs is 1. The summed E-state index contributed by atoms with van der Waals surface area (Å²) in [7, 11) is 1.67. The van der Waals surface area contributed by atoms with E-state index in [-0.39, 0.29) is 22.8 Å². The predicted molar refractivity (Wildman–Crippen MR) is 119 cm³/mol. The van der Waals surface area contributed by atoms with Gasteiger partial charge in [0.05, 0.1) is 23.8 Å². The Morgan fingerprint density at radius 1 is 1.27 bits per heavy atom. The Bertz CT molecular complexity index is 907. The molecule has 1 saturated carbocycles. The number of alkyl halides is 3. The highest BCUT2D eigenvalue weighted by Crippen LogP contribution is 2.45. The number of benzene rings is 1. The Morgan fingerprint density at radius 3 is 2.70 bits per heavy atom. The zero-order valence-electron chi connectivity index (χ0n) is 19.2. The predicted octanol–water partition coefficient (Wildman–Crippen LogP) is 4.85. The average molecular weight is 464 g/mol. The minimum absolute atomic E-state index is 0.131. The van der Waals surface area contributed by atoms with Gasteiger partial charge in [-0.1, -0.05) is 25.7 Å². The highest BCUT2D eigenvalue weighted by Gasteiger charge is 2.50. The third kappa shape index (κ3) is 4.98. The van der Waals surface area contributed by atoms with E-state index < -0.39 is 11.7 Å². The maximum absolute atomic E-state index is 13.5. The number of nitriles is 1. The smallest absolute Gasteiger partial charge is 0.384 e. The second-order valence-corrected chi connectivity index (χ2v) is 9.99. The van der Waals surface area contributed by atoms with E-state index in [9.17, 15) is 18.0 Å². The molecule has 2 aliphatic heterocycles. The van der Waals surface area contributed by atoms with Crippen molar-refractivity contribution in [2.24, 2.45) is 17.3 Å². The van der Waals surface area contributed by atoms with Crippen molar-refractivity contribution in [2.75, 3.05) is 44.8 Å². The van der Waals surface area contributed by atoms with E-state index in [1.54, 1.807) is 19.2 Å². The van der Waals surface area contributed by atoms with Gasteiger partial charge in [0.1, 0.15) is 0 Å². The lowest BCUT2D eigenvalue weighted by Gasteiger charge is -2.44. The van der Waals surface area contributed by atoms with Crippen molar-refractivity contribution in [2.45, 2.75) is 51.1 Å². The summed E-state index contributed by atoms with van der Waals surface area (Å²) in [6, 6.07) is 5.57. The average Bonchev–Trinajstić information content (AvgIpc) is 3.44. The Hall–Kier alpha value is -2.27. The molecule has 1 aliphatic carbocycles. The number of piperidine rings is 1. The van der Waals surface area contributed by atoms with Gasteiger partial charge in [0, 0.05) is 56.7 Å². The normalized spacial score (nSPS) is 25.8. The van der Waals surface area contributed by atoms with Crippen LogP contribution in [-0.2, 0) is 15.7 Å². The van der Waals surface area contributed by atoms with Crippen LogP contribution in [0.3, 0.4) is 0 Å². The first-order valence-corrected chi connectivity index (χ1v) is 11.9. The second kappa shape index (κ2) is 9.54. The Balaban J connectivity index is 1.47. The summed E-state index contributed by atoms with van der Waals surface area (Å²) in [5, 5.41) is 9.08. The number of carbonyl (C=O) groups excluding carboxylic acids is 1. The van der Waals surface area contributed by atoms with Crippen LogP contribution in [0, 0.1) is 28.6 Å². The molecule has 2 atom stereocenters. The SMILES string of the molecule is COC[C@@]12CCN(c3ccc(C#N)c(C(F)(F)F)c3)C[C@@H]1CN(C(=O)CCC1CCCC1)C2. The third-order valence-corrected chi connectivity index (χ3v) is 7.95. The van der Waals surface area contributed by atoms with Gasteiger partial charge in [0.25, 0.3) is 0 Å². The summed E-state index contributed by atoms with van der Waals surface area (Å²) in [4.78, 5) is 16.9. The number of amides is 1. The summed E-state index contributed by atoms with van der Waals surface area (Å²) in [6.45, 7) is 2.97. The van der Waals surface area contributed by atoms with Crippen LogP contribution in [0.5, 0.6) is 0 Å². The Labute approximate surface area is 193 Å². The van der Waals surface area contributed by atoms with Gasteiger partial charge in [-0.15, -0.1) is 0 Å². The number of likely N-dealkylation sites (tertiary alicyclic amines) is 1. The number of methoxy groups -OCH3 is 1. The fourth-order valence-corrected chi connectivity index (χ4v) is 6.08. The third-order valence-electron chi connectivity index (χ3n) is 7.95. The standard InChI is InChI=1S/C25H32F3N3O2/c1-33-17-24-10-11-30(21-8-7-19(13-29)22(12-21)25(26,27)28)14-20(24)15-31(16-24)23(32)9-6-18-4-2-3-5-18/h7-8,12,18,20H,2-6,9-11,14-17H2,1H3/t20-,24+/m1/s1. The molecular weight excluding hydrogens is 431 g/mol. The van der Waals surface area contributed by atoms with Crippen molar-refractivity contribution < 1.29 is 22.7 Å². The fraction of sp³-hybridized carbons (Fsp3) is 0.680. The van der Waals surface area contributed by atoms with Crippen molar-refractivity contribution >= 4 is 11.6 Å². The van der Waals surface area contributed by atoms with Crippen molar-refractivity contribution in [3.63, 3.8) is 0 Å². The Kier molecular flexibility index (Phi) is 6.90. The van der Waals surface area contributed by atoms with Crippen molar-refractivity contribution in [3.05, 3.63) is 29.3 Å². The van der Waals surface area contributed by atoms with Crippen LogP contribution in [0.2, 0.25) is 0 Å². The molecule has 0 spiro atoms. The van der Waals surface area contributed by atoms with Gasteiger partial charge in [0.2, 0.25) is 5.91 Å².